The molecule has 1 aromatic rings. The van der Waals surface area contributed by atoms with Crippen LogP contribution in [0.3, 0.4) is 0 Å². The highest BCUT2D eigenvalue weighted by atomic mass is 79.9. The number of nitrogens with one attached hydrogen (secondary N) is 1. The first-order valence-corrected chi connectivity index (χ1v) is 7.65. The lowest BCUT2D eigenvalue weighted by molar-refractivity contribution is 0.0531. The Morgan fingerprint density at radius 3 is 2.32 bits per heavy atom. The number of aliphatic hydroxyl groups excluding tert-OH is 2. The van der Waals surface area contributed by atoms with E-state index in [2.05, 4.69) is 51.0 Å². The average Bonchev–Trinajstić information content (AvgIpc) is 2.34. The third-order valence-electron chi connectivity index (χ3n) is 2.40. The Balaban J connectivity index is 2.73. The highest BCUT2D eigenvalue weighted by Gasteiger charge is 2.11. The summed E-state index contributed by atoms with van der Waals surface area (Å²) in [5, 5.41) is 21.4. The fourth-order valence-corrected chi connectivity index (χ4v) is 2.92. The molecule has 19 heavy (non-hydrogen) atoms. The molecule has 0 aliphatic rings. The quantitative estimate of drug-likeness (QED) is 0.662. The number of benzene rings is 1. The zero-order valence-corrected chi connectivity index (χ0v) is 14.2. The van der Waals surface area contributed by atoms with Crippen molar-refractivity contribution in [2.75, 3.05) is 13.2 Å². The molecule has 0 aliphatic heterocycles. The molecule has 0 aromatic heterocycles. The molecule has 4 nitrogen and oxygen atoms in total. The number of hydrogen-bond donors (Lipinski definition) is 3. The van der Waals surface area contributed by atoms with Gasteiger partial charge >= 0.3 is 0 Å². The van der Waals surface area contributed by atoms with Crippen LogP contribution in [0.2, 0.25) is 0 Å². The molecule has 3 N–H and O–H groups in total. The van der Waals surface area contributed by atoms with Crippen LogP contribution < -0.4 is 10.1 Å². The Labute approximate surface area is 130 Å². The summed E-state index contributed by atoms with van der Waals surface area (Å²) in [4.78, 5) is 0. The molecular weight excluding hydrogens is 378 g/mol. The summed E-state index contributed by atoms with van der Waals surface area (Å²) in [6.07, 6.45) is -0.874. The van der Waals surface area contributed by atoms with Crippen molar-refractivity contribution >= 4 is 31.9 Å². The lowest BCUT2D eigenvalue weighted by atomic mass is 10.2. The number of halogens is 2. The smallest absolute Gasteiger partial charge is 0.147 e. The fourth-order valence-electron chi connectivity index (χ4n) is 1.41. The lowest BCUT2D eigenvalue weighted by Gasteiger charge is -2.15. The monoisotopic (exact) mass is 395 g/mol. The highest BCUT2D eigenvalue weighted by Crippen LogP contribution is 2.34. The molecule has 0 radical (unpaired) electrons. The van der Waals surface area contributed by atoms with E-state index in [1.165, 1.54) is 0 Å². The zero-order valence-electron chi connectivity index (χ0n) is 11.0. The van der Waals surface area contributed by atoms with E-state index >= 15 is 0 Å². The molecule has 0 bridgehead atoms. The Bertz CT molecular complexity index is 390. The SMILES string of the molecule is CC(C)NCc1cc(Br)c(OCC(O)CO)c(Br)c1. The van der Waals surface area contributed by atoms with E-state index in [0.29, 0.717) is 11.8 Å². The lowest BCUT2D eigenvalue weighted by Crippen LogP contribution is -2.22. The van der Waals surface area contributed by atoms with Gasteiger partial charge in [0.2, 0.25) is 0 Å². The van der Waals surface area contributed by atoms with E-state index in [0.717, 1.165) is 21.1 Å². The summed E-state index contributed by atoms with van der Waals surface area (Å²) in [5.41, 5.74) is 1.13. The number of rotatable bonds is 7. The van der Waals surface area contributed by atoms with E-state index < -0.39 is 6.10 Å². The molecule has 1 atom stereocenters. The van der Waals surface area contributed by atoms with Gasteiger partial charge < -0.3 is 20.3 Å². The molecule has 0 amide bonds. The van der Waals surface area contributed by atoms with E-state index in [-0.39, 0.29) is 13.2 Å². The van der Waals surface area contributed by atoms with E-state index in [1.54, 1.807) is 0 Å². The normalized spacial score (nSPS) is 12.8. The molecule has 0 saturated carbocycles. The van der Waals surface area contributed by atoms with Crippen LogP contribution in [-0.2, 0) is 6.54 Å². The fraction of sp³-hybridized carbons (Fsp3) is 0.538. The van der Waals surface area contributed by atoms with Gasteiger partial charge in [0.15, 0.2) is 0 Å². The minimum Gasteiger partial charge on any atom is -0.488 e. The van der Waals surface area contributed by atoms with Gasteiger partial charge in [-0.25, -0.2) is 0 Å². The second-order valence-electron chi connectivity index (χ2n) is 4.57. The molecule has 0 saturated heterocycles. The predicted octanol–water partition coefficient (Wildman–Crippen LogP) is 2.44. The minimum atomic E-state index is -0.874. The highest BCUT2D eigenvalue weighted by molar-refractivity contribution is 9.11. The number of hydrogen-bond acceptors (Lipinski definition) is 4. The summed E-state index contributed by atoms with van der Waals surface area (Å²) in [5.74, 6) is 0.626. The van der Waals surface area contributed by atoms with E-state index in [9.17, 15) is 5.11 Å². The Morgan fingerprint density at radius 2 is 1.84 bits per heavy atom. The van der Waals surface area contributed by atoms with Gasteiger partial charge in [-0.05, 0) is 49.6 Å². The van der Waals surface area contributed by atoms with Crippen molar-refractivity contribution < 1.29 is 14.9 Å². The third-order valence-corrected chi connectivity index (χ3v) is 3.58. The molecule has 1 unspecified atom stereocenters. The molecule has 0 heterocycles. The first-order valence-electron chi connectivity index (χ1n) is 6.07. The van der Waals surface area contributed by atoms with Crippen molar-refractivity contribution in [3.63, 3.8) is 0 Å². The Hall–Kier alpha value is -0.140. The second-order valence-corrected chi connectivity index (χ2v) is 6.28. The summed E-state index contributed by atoms with van der Waals surface area (Å²) in [6, 6.07) is 4.37. The molecule has 0 aliphatic carbocycles. The van der Waals surface area contributed by atoms with Gasteiger partial charge in [0.05, 0.1) is 15.6 Å². The molecule has 0 spiro atoms. The van der Waals surface area contributed by atoms with Gasteiger partial charge in [-0.2, -0.15) is 0 Å². The second kappa shape index (κ2) is 8.21. The van der Waals surface area contributed by atoms with Crippen LogP contribution in [0.25, 0.3) is 0 Å². The molecule has 0 fully saturated rings. The predicted molar refractivity (Wildman–Crippen MR) is 82.4 cm³/mol. The van der Waals surface area contributed by atoms with Crippen molar-refractivity contribution in [1.29, 1.82) is 0 Å². The van der Waals surface area contributed by atoms with Crippen LogP contribution in [0.1, 0.15) is 19.4 Å². The molecule has 1 aromatic carbocycles. The van der Waals surface area contributed by atoms with Gasteiger partial charge in [0, 0.05) is 12.6 Å². The van der Waals surface area contributed by atoms with Gasteiger partial charge in [-0.1, -0.05) is 13.8 Å². The van der Waals surface area contributed by atoms with Crippen LogP contribution >= 0.6 is 31.9 Å². The summed E-state index contributed by atoms with van der Waals surface area (Å²) in [7, 11) is 0. The van der Waals surface area contributed by atoms with E-state index in [4.69, 9.17) is 9.84 Å². The van der Waals surface area contributed by atoms with Crippen molar-refractivity contribution in [3.8, 4) is 5.75 Å². The van der Waals surface area contributed by atoms with E-state index in [1.807, 2.05) is 12.1 Å². The van der Waals surface area contributed by atoms with Crippen molar-refractivity contribution in [1.82, 2.24) is 5.32 Å². The molecule has 1 rings (SSSR count). The van der Waals surface area contributed by atoms with Crippen molar-refractivity contribution in [2.45, 2.75) is 32.5 Å². The maximum absolute atomic E-state index is 9.29. The number of ether oxygens (including phenoxy) is 1. The third kappa shape index (κ3) is 5.79. The number of aliphatic hydroxyl groups is 2. The summed E-state index contributed by atoms with van der Waals surface area (Å²) in [6.45, 7) is 4.70. The van der Waals surface area contributed by atoms with Crippen LogP contribution in [0.4, 0.5) is 0 Å². The van der Waals surface area contributed by atoms with Crippen molar-refractivity contribution in [2.24, 2.45) is 0 Å². The maximum atomic E-state index is 9.29. The Morgan fingerprint density at radius 1 is 1.26 bits per heavy atom. The van der Waals surface area contributed by atoms with Crippen LogP contribution in [0.5, 0.6) is 5.75 Å². The van der Waals surface area contributed by atoms with Gasteiger partial charge in [-0.3, -0.25) is 0 Å². The van der Waals surface area contributed by atoms with Crippen LogP contribution in [0, 0.1) is 0 Å². The summed E-state index contributed by atoms with van der Waals surface area (Å²) >= 11 is 6.90. The first kappa shape index (κ1) is 16.9. The average molecular weight is 397 g/mol. The standard InChI is InChI=1S/C13H19Br2NO3/c1-8(2)16-5-9-3-11(14)13(12(15)4-9)19-7-10(18)6-17/h3-4,8,10,16-18H,5-7H2,1-2H3. The maximum Gasteiger partial charge on any atom is 0.147 e. The molecule has 108 valence electrons. The molecule has 6 heteroatoms. The van der Waals surface area contributed by atoms with Gasteiger partial charge in [0.1, 0.15) is 18.5 Å². The first-order chi connectivity index (χ1) is 8.93. The minimum absolute atomic E-state index is 0.0529. The van der Waals surface area contributed by atoms with Crippen LogP contribution in [-0.4, -0.2) is 35.6 Å². The van der Waals surface area contributed by atoms with Gasteiger partial charge in [-0.15, -0.1) is 0 Å². The van der Waals surface area contributed by atoms with Crippen molar-refractivity contribution in [3.05, 3.63) is 26.6 Å². The Kier molecular flexibility index (Phi) is 7.31. The van der Waals surface area contributed by atoms with Gasteiger partial charge in [0.25, 0.3) is 0 Å². The van der Waals surface area contributed by atoms with Crippen LogP contribution in [0.15, 0.2) is 21.1 Å². The summed E-state index contributed by atoms with van der Waals surface area (Å²) < 4.78 is 7.10. The topological polar surface area (TPSA) is 61.7 Å². The largest absolute Gasteiger partial charge is 0.488 e. The zero-order chi connectivity index (χ0) is 14.4. The molecular formula is C13H19Br2NO3.